The first-order valence-electron chi connectivity index (χ1n) is 5.74. The minimum absolute atomic E-state index is 0.0120. The molecule has 8 heteroatoms. The van der Waals surface area contributed by atoms with Crippen LogP contribution < -0.4 is 0 Å². The van der Waals surface area contributed by atoms with Crippen molar-refractivity contribution < 1.29 is 22.7 Å². The molecule has 0 fully saturated rings. The third-order valence-corrected chi connectivity index (χ3v) is 4.63. The number of carboxylic acids is 1. The number of halogens is 1. The summed E-state index contributed by atoms with van der Waals surface area (Å²) < 4.78 is 39.2. The summed E-state index contributed by atoms with van der Waals surface area (Å²) in [6.07, 6.45) is -0.0120. The second kappa shape index (κ2) is 6.45. The molecule has 0 aliphatic rings. The van der Waals surface area contributed by atoms with Gasteiger partial charge in [-0.25, -0.2) is 17.6 Å². The third-order valence-electron chi connectivity index (χ3n) is 2.62. The number of rotatable bonds is 6. The van der Waals surface area contributed by atoms with Crippen LogP contribution in [0, 0.1) is 17.1 Å². The van der Waals surface area contributed by atoms with E-state index in [1.54, 1.807) is 6.92 Å². The van der Waals surface area contributed by atoms with Crippen molar-refractivity contribution in [2.45, 2.75) is 18.2 Å². The van der Waals surface area contributed by atoms with Crippen LogP contribution in [0.15, 0.2) is 23.1 Å². The SMILES string of the molecule is CCN(CCC#N)S(=O)(=O)c1ccc(C(=O)O)cc1F. The van der Waals surface area contributed by atoms with Crippen molar-refractivity contribution in [3.63, 3.8) is 0 Å². The van der Waals surface area contributed by atoms with Crippen LogP contribution in [0.25, 0.3) is 0 Å². The first-order chi connectivity index (χ1) is 9.34. The van der Waals surface area contributed by atoms with E-state index in [0.29, 0.717) is 6.07 Å². The second-order valence-electron chi connectivity index (χ2n) is 3.86. The molecule has 0 bridgehead atoms. The van der Waals surface area contributed by atoms with E-state index in [1.165, 1.54) is 0 Å². The van der Waals surface area contributed by atoms with E-state index in [-0.39, 0.29) is 25.1 Å². The molecule has 0 saturated heterocycles. The number of sulfonamides is 1. The normalized spacial score (nSPS) is 11.3. The van der Waals surface area contributed by atoms with Crippen molar-refractivity contribution in [3.8, 4) is 6.07 Å². The van der Waals surface area contributed by atoms with E-state index in [4.69, 9.17) is 10.4 Å². The van der Waals surface area contributed by atoms with E-state index < -0.39 is 26.7 Å². The van der Waals surface area contributed by atoms with Gasteiger partial charge in [0.2, 0.25) is 10.0 Å². The standard InChI is InChI=1S/C12H13FN2O4S/c1-2-15(7-3-6-14)20(18,19)11-5-4-9(12(16)17)8-10(11)13/h4-5,8H,2-3,7H2,1H3,(H,16,17). The molecule has 0 saturated carbocycles. The lowest BCUT2D eigenvalue weighted by atomic mass is 10.2. The Morgan fingerprint density at radius 3 is 2.60 bits per heavy atom. The molecule has 1 aromatic rings. The molecule has 6 nitrogen and oxygen atoms in total. The van der Waals surface area contributed by atoms with Gasteiger partial charge in [0, 0.05) is 19.5 Å². The van der Waals surface area contributed by atoms with Crippen molar-refractivity contribution in [2.24, 2.45) is 0 Å². The topological polar surface area (TPSA) is 98.5 Å². The number of nitriles is 1. The van der Waals surface area contributed by atoms with Gasteiger partial charge >= 0.3 is 5.97 Å². The quantitative estimate of drug-likeness (QED) is 0.857. The Morgan fingerprint density at radius 1 is 1.50 bits per heavy atom. The van der Waals surface area contributed by atoms with Crippen molar-refractivity contribution in [2.75, 3.05) is 13.1 Å². The largest absolute Gasteiger partial charge is 0.478 e. The summed E-state index contributed by atoms with van der Waals surface area (Å²) in [6, 6.07) is 4.42. The van der Waals surface area contributed by atoms with Gasteiger partial charge in [-0.05, 0) is 18.2 Å². The molecule has 0 amide bonds. The Labute approximate surface area is 116 Å². The van der Waals surface area contributed by atoms with Gasteiger partial charge in [0.25, 0.3) is 0 Å². The van der Waals surface area contributed by atoms with E-state index in [9.17, 15) is 17.6 Å². The fourth-order valence-corrected chi connectivity index (χ4v) is 3.10. The molecule has 108 valence electrons. The zero-order chi connectivity index (χ0) is 15.3. The monoisotopic (exact) mass is 300 g/mol. The lowest BCUT2D eigenvalue weighted by Crippen LogP contribution is -2.32. The van der Waals surface area contributed by atoms with Crippen LogP contribution in [0.4, 0.5) is 4.39 Å². The summed E-state index contributed by atoms with van der Waals surface area (Å²) in [5.74, 6) is -2.47. The lowest BCUT2D eigenvalue weighted by molar-refractivity contribution is 0.0696. The fraction of sp³-hybridized carbons (Fsp3) is 0.333. The minimum Gasteiger partial charge on any atom is -0.478 e. The van der Waals surface area contributed by atoms with Crippen LogP contribution in [-0.2, 0) is 10.0 Å². The number of hydrogen-bond acceptors (Lipinski definition) is 4. The second-order valence-corrected chi connectivity index (χ2v) is 5.76. The maximum Gasteiger partial charge on any atom is 0.335 e. The smallest absolute Gasteiger partial charge is 0.335 e. The number of nitrogens with zero attached hydrogens (tertiary/aromatic N) is 2. The first-order valence-corrected chi connectivity index (χ1v) is 7.18. The van der Waals surface area contributed by atoms with Gasteiger partial charge < -0.3 is 5.11 Å². The summed E-state index contributed by atoms with van der Waals surface area (Å²) in [7, 11) is -4.08. The zero-order valence-corrected chi connectivity index (χ0v) is 11.5. The van der Waals surface area contributed by atoms with Crippen molar-refractivity contribution >= 4 is 16.0 Å². The van der Waals surface area contributed by atoms with Crippen LogP contribution in [0.3, 0.4) is 0 Å². The molecule has 0 heterocycles. The van der Waals surface area contributed by atoms with Gasteiger partial charge in [0.1, 0.15) is 10.7 Å². The highest BCUT2D eigenvalue weighted by atomic mass is 32.2. The van der Waals surface area contributed by atoms with Crippen LogP contribution in [0.1, 0.15) is 23.7 Å². The molecule has 20 heavy (non-hydrogen) atoms. The Balaban J connectivity index is 3.21. The molecule has 0 radical (unpaired) electrons. The predicted octanol–water partition coefficient (Wildman–Crippen LogP) is 1.45. The molecule has 0 aliphatic carbocycles. The minimum atomic E-state index is -4.08. The van der Waals surface area contributed by atoms with Crippen LogP contribution in [0.2, 0.25) is 0 Å². The summed E-state index contributed by atoms with van der Waals surface area (Å²) in [6.45, 7) is 1.61. The highest BCUT2D eigenvalue weighted by Crippen LogP contribution is 2.20. The number of aromatic carboxylic acids is 1. The summed E-state index contributed by atoms with van der Waals surface area (Å²) >= 11 is 0. The molecule has 0 spiro atoms. The van der Waals surface area contributed by atoms with Gasteiger partial charge in [-0.15, -0.1) is 0 Å². The van der Waals surface area contributed by atoms with Gasteiger partial charge in [0.05, 0.1) is 11.6 Å². The van der Waals surface area contributed by atoms with E-state index >= 15 is 0 Å². The Morgan fingerprint density at radius 2 is 2.15 bits per heavy atom. The highest BCUT2D eigenvalue weighted by molar-refractivity contribution is 7.89. The average molecular weight is 300 g/mol. The predicted molar refractivity (Wildman–Crippen MR) is 68.0 cm³/mol. The molecule has 0 unspecified atom stereocenters. The molecular formula is C12H13FN2O4S. The van der Waals surface area contributed by atoms with Gasteiger partial charge in [-0.3, -0.25) is 0 Å². The third kappa shape index (κ3) is 3.31. The highest BCUT2D eigenvalue weighted by Gasteiger charge is 2.26. The van der Waals surface area contributed by atoms with Crippen molar-refractivity contribution in [3.05, 3.63) is 29.6 Å². The van der Waals surface area contributed by atoms with Gasteiger partial charge in [-0.2, -0.15) is 9.57 Å². The number of carboxylic acid groups (broad SMARTS) is 1. The van der Waals surface area contributed by atoms with Crippen LogP contribution >= 0.6 is 0 Å². The Bertz CT molecular complexity index is 652. The maximum atomic E-state index is 13.8. The maximum absolute atomic E-state index is 13.8. The first kappa shape index (κ1) is 16.1. The average Bonchev–Trinajstić information content (AvgIpc) is 2.38. The molecule has 0 atom stereocenters. The van der Waals surface area contributed by atoms with Gasteiger partial charge in [0.15, 0.2) is 0 Å². The van der Waals surface area contributed by atoms with Gasteiger partial charge in [-0.1, -0.05) is 6.92 Å². The summed E-state index contributed by atoms with van der Waals surface area (Å²) in [5.41, 5.74) is -0.332. The number of hydrogen-bond donors (Lipinski definition) is 1. The van der Waals surface area contributed by atoms with E-state index in [2.05, 4.69) is 0 Å². The Kier molecular flexibility index (Phi) is 5.19. The molecule has 0 aliphatic heterocycles. The molecule has 0 aromatic heterocycles. The van der Waals surface area contributed by atoms with E-state index in [0.717, 1.165) is 16.4 Å². The number of carbonyl (C=O) groups is 1. The van der Waals surface area contributed by atoms with Crippen molar-refractivity contribution in [1.82, 2.24) is 4.31 Å². The van der Waals surface area contributed by atoms with E-state index in [1.807, 2.05) is 6.07 Å². The summed E-state index contributed by atoms with van der Waals surface area (Å²) in [4.78, 5) is 10.1. The summed E-state index contributed by atoms with van der Waals surface area (Å²) in [5, 5.41) is 17.2. The van der Waals surface area contributed by atoms with Crippen LogP contribution in [-0.4, -0.2) is 36.9 Å². The molecule has 1 rings (SSSR count). The Hall–Kier alpha value is -1.98. The van der Waals surface area contributed by atoms with Crippen LogP contribution in [0.5, 0.6) is 0 Å². The number of benzene rings is 1. The zero-order valence-electron chi connectivity index (χ0n) is 10.7. The molecular weight excluding hydrogens is 287 g/mol. The lowest BCUT2D eigenvalue weighted by Gasteiger charge is -2.19. The molecule has 1 N–H and O–H groups in total. The fourth-order valence-electron chi connectivity index (χ4n) is 1.61. The molecule has 1 aromatic carbocycles. The van der Waals surface area contributed by atoms with Crippen molar-refractivity contribution in [1.29, 1.82) is 5.26 Å².